The number of hydrogen-bond acceptors (Lipinski definition) is 2. The lowest BCUT2D eigenvalue weighted by Gasteiger charge is -2.00. The smallest absolute Gasteiger partial charge is 0.106 e. The number of hydrogen-bond donors (Lipinski definition) is 0. The molecule has 0 unspecified atom stereocenters. The van der Waals surface area contributed by atoms with E-state index < -0.39 is 0 Å². The molecular weight excluding hydrogens is 298 g/mol. The van der Waals surface area contributed by atoms with E-state index in [1.807, 2.05) is 12.1 Å². The molecule has 0 bridgehead atoms. The lowest BCUT2D eigenvalue weighted by molar-refractivity contribution is 0.568. The van der Waals surface area contributed by atoms with Gasteiger partial charge in [0.15, 0.2) is 0 Å². The maximum absolute atomic E-state index is 5.01. The van der Waals surface area contributed by atoms with Crippen LogP contribution in [0, 0.1) is 0 Å². The average molecular weight is 303 g/mol. The van der Waals surface area contributed by atoms with E-state index in [2.05, 4.69) is 36.8 Å². The van der Waals surface area contributed by atoms with E-state index in [1.54, 1.807) is 18.7 Å². The summed E-state index contributed by atoms with van der Waals surface area (Å²) in [6.45, 7) is 0. The summed E-state index contributed by atoms with van der Waals surface area (Å²) in [5, 5.41) is 0. The van der Waals surface area contributed by atoms with Gasteiger partial charge in [0.1, 0.15) is 4.60 Å². The summed E-state index contributed by atoms with van der Waals surface area (Å²) in [6, 6.07) is 3.85. The zero-order chi connectivity index (χ0) is 9.26. The summed E-state index contributed by atoms with van der Waals surface area (Å²) in [7, 11) is 0. The molecule has 0 aliphatic heterocycles. The molecule has 0 aliphatic carbocycles. The average Bonchev–Trinajstić information content (AvgIpc) is 2.61. The zero-order valence-electron chi connectivity index (χ0n) is 6.50. The van der Waals surface area contributed by atoms with Gasteiger partial charge in [-0.3, -0.25) is 0 Å². The number of nitrogens with zero attached hydrogens (tertiary/aromatic N) is 1. The van der Waals surface area contributed by atoms with Crippen LogP contribution in [0.5, 0.6) is 0 Å². The van der Waals surface area contributed by atoms with Crippen molar-refractivity contribution in [1.29, 1.82) is 0 Å². The number of aromatic nitrogens is 1. The highest BCUT2D eigenvalue weighted by Gasteiger charge is 2.05. The predicted octanol–water partition coefficient (Wildman–Crippen LogP) is 3.87. The minimum Gasteiger partial charge on any atom is -0.472 e. The first-order valence-corrected chi connectivity index (χ1v) is 5.19. The fourth-order valence-corrected chi connectivity index (χ4v) is 1.83. The second-order valence-corrected chi connectivity index (χ2v) is 4.17. The molecule has 0 aliphatic rings. The van der Waals surface area contributed by atoms with Gasteiger partial charge in [0.2, 0.25) is 0 Å². The van der Waals surface area contributed by atoms with Crippen molar-refractivity contribution in [3.8, 4) is 11.1 Å². The second kappa shape index (κ2) is 3.64. The van der Waals surface area contributed by atoms with Gasteiger partial charge in [0.25, 0.3) is 0 Å². The van der Waals surface area contributed by atoms with E-state index in [0.717, 1.165) is 20.2 Å². The molecule has 0 N–H and O–H groups in total. The van der Waals surface area contributed by atoms with Gasteiger partial charge in [-0.15, -0.1) is 0 Å². The molecule has 0 spiro atoms. The molecule has 66 valence electrons. The van der Waals surface area contributed by atoms with Crippen LogP contribution in [0.3, 0.4) is 0 Å². The molecule has 0 fully saturated rings. The third-order valence-electron chi connectivity index (χ3n) is 1.65. The Kier molecular flexibility index (Phi) is 2.51. The first kappa shape index (κ1) is 8.97. The van der Waals surface area contributed by atoms with E-state index in [9.17, 15) is 0 Å². The molecule has 0 aromatic carbocycles. The predicted molar refractivity (Wildman–Crippen MR) is 57.3 cm³/mol. The molecule has 0 saturated heterocycles. The summed E-state index contributed by atoms with van der Waals surface area (Å²) in [5.74, 6) is 0. The van der Waals surface area contributed by atoms with Crippen molar-refractivity contribution in [3.63, 3.8) is 0 Å². The summed E-state index contributed by atoms with van der Waals surface area (Å²) in [5.41, 5.74) is 2.10. The van der Waals surface area contributed by atoms with Crippen LogP contribution in [0.1, 0.15) is 0 Å². The van der Waals surface area contributed by atoms with Crippen molar-refractivity contribution in [3.05, 3.63) is 39.9 Å². The Labute approximate surface area is 92.2 Å². The highest BCUT2D eigenvalue weighted by atomic mass is 79.9. The van der Waals surface area contributed by atoms with Gasteiger partial charge in [-0.1, -0.05) is 0 Å². The van der Waals surface area contributed by atoms with Gasteiger partial charge in [0.05, 0.1) is 12.5 Å². The maximum atomic E-state index is 5.01. The van der Waals surface area contributed by atoms with Crippen molar-refractivity contribution in [2.24, 2.45) is 0 Å². The van der Waals surface area contributed by atoms with Crippen LogP contribution in [-0.2, 0) is 0 Å². The van der Waals surface area contributed by atoms with Crippen LogP contribution in [0.2, 0.25) is 0 Å². The minimum absolute atomic E-state index is 0.812. The van der Waals surface area contributed by atoms with E-state index in [-0.39, 0.29) is 0 Å². The Morgan fingerprint density at radius 2 is 2.15 bits per heavy atom. The fraction of sp³-hybridized carbons (Fsp3) is 0. The molecule has 4 heteroatoms. The fourth-order valence-electron chi connectivity index (χ4n) is 1.05. The van der Waals surface area contributed by atoms with Gasteiger partial charge in [-0.25, -0.2) is 4.98 Å². The van der Waals surface area contributed by atoms with Crippen LogP contribution in [-0.4, -0.2) is 4.98 Å². The van der Waals surface area contributed by atoms with Crippen LogP contribution >= 0.6 is 31.9 Å². The monoisotopic (exact) mass is 301 g/mol. The Morgan fingerprint density at radius 3 is 2.85 bits per heavy atom. The SMILES string of the molecule is Brc1cc(-c2ccoc2)c(Br)cn1. The third-order valence-corrected chi connectivity index (χ3v) is 2.72. The molecule has 0 amide bonds. The van der Waals surface area contributed by atoms with Crippen LogP contribution in [0.4, 0.5) is 0 Å². The summed E-state index contributed by atoms with van der Waals surface area (Å²) in [6.07, 6.45) is 5.11. The minimum atomic E-state index is 0.812. The second-order valence-electron chi connectivity index (χ2n) is 2.50. The number of halogens is 2. The van der Waals surface area contributed by atoms with Gasteiger partial charge >= 0.3 is 0 Å². The maximum Gasteiger partial charge on any atom is 0.106 e. The van der Waals surface area contributed by atoms with E-state index in [0.29, 0.717) is 0 Å². The summed E-state index contributed by atoms with van der Waals surface area (Å²) < 4.78 is 6.77. The van der Waals surface area contributed by atoms with Crippen LogP contribution in [0.25, 0.3) is 11.1 Å². The molecule has 2 heterocycles. The van der Waals surface area contributed by atoms with Gasteiger partial charge < -0.3 is 4.42 Å². The summed E-state index contributed by atoms with van der Waals surface area (Å²) >= 11 is 6.75. The highest BCUT2D eigenvalue weighted by molar-refractivity contribution is 9.11. The van der Waals surface area contributed by atoms with Crippen molar-refractivity contribution < 1.29 is 4.42 Å². The van der Waals surface area contributed by atoms with Gasteiger partial charge in [0, 0.05) is 21.8 Å². The first-order chi connectivity index (χ1) is 6.27. The lowest BCUT2D eigenvalue weighted by Crippen LogP contribution is -1.80. The highest BCUT2D eigenvalue weighted by Crippen LogP contribution is 2.29. The largest absolute Gasteiger partial charge is 0.472 e. The molecule has 0 saturated carbocycles. The molecule has 2 rings (SSSR count). The summed E-state index contributed by atoms with van der Waals surface area (Å²) in [4.78, 5) is 4.09. The molecule has 0 atom stereocenters. The van der Waals surface area contributed by atoms with Gasteiger partial charge in [-0.2, -0.15) is 0 Å². The molecule has 2 aromatic heterocycles. The van der Waals surface area contributed by atoms with E-state index in [1.165, 1.54) is 0 Å². The molecule has 2 aromatic rings. The van der Waals surface area contributed by atoms with Crippen molar-refractivity contribution >= 4 is 31.9 Å². The Morgan fingerprint density at radius 1 is 1.31 bits per heavy atom. The Bertz CT molecular complexity index is 412. The first-order valence-electron chi connectivity index (χ1n) is 3.61. The number of rotatable bonds is 1. The van der Waals surface area contributed by atoms with Crippen LogP contribution < -0.4 is 0 Å². The standard InChI is InChI=1S/C9H5Br2NO/c10-8-4-12-9(11)3-7(8)6-1-2-13-5-6/h1-5H. The normalized spacial score (nSPS) is 10.3. The Hall–Kier alpha value is -0.610. The molecule has 0 radical (unpaired) electrons. The van der Waals surface area contributed by atoms with Crippen molar-refractivity contribution in [2.45, 2.75) is 0 Å². The van der Waals surface area contributed by atoms with E-state index in [4.69, 9.17) is 4.42 Å². The molecule has 2 nitrogen and oxygen atoms in total. The lowest BCUT2D eigenvalue weighted by atomic mass is 10.1. The van der Waals surface area contributed by atoms with E-state index >= 15 is 0 Å². The number of pyridine rings is 1. The molecule has 13 heavy (non-hydrogen) atoms. The van der Waals surface area contributed by atoms with Crippen molar-refractivity contribution in [2.75, 3.05) is 0 Å². The third kappa shape index (κ3) is 1.84. The Balaban J connectivity index is 2.57. The topological polar surface area (TPSA) is 26.0 Å². The molecular formula is C9H5Br2NO. The zero-order valence-corrected chi connectivity index (χ0v) is 9.67. The number of furan rings is 1. The van der Waals surface area contributed by atoms with Gasteiger partial charge in [-0.05, 0) is 44.0 Å². The van der Waals surface area contributed by atoms with Crippen LogP contribution in [0.15, 0.2) is 44.3 Å². The quantitative estimate of drug-likeness (QED) is 0.748. The van der Waals surface area contributed by atoms with Crippen molar-refractivity contribution in [1.82, 2.24) is 4.98 Å².